The number of carbonyl (C=O) groups is 2. The summed E-state index contributed by atoms with van der Waals surface area (Å²) < 4.78 is 0. The molecule has 0 heterocycles. The number of aryl methyl sites for hydroxylation is 1. The third-order valence-electron chi connectivity index (χ3n) is 3.48. The molecular formula is C17H17NO4. The van der Waals surface area contributed by atoms with Gasteiger partial charge >= 0.3 is 5.97 Å². The van der Waals surface area contributed by atoms with E-state index >= 15 is 0 Å². The lowest BCUT2D eigenvalue weighted by Gasteiger charge is -2.15. The molecule has 0 aliphatic heterocycles. The first-order valence-corrected chi connectivity index (χ1v) is 6.70. The average Bonchev–Trinajstić information content (AvgIpc) is 2.53. The Morgan fingerprint density at radius 1 is 1.05 bits per heavy atom. The van der Waals surface area contributed by atoms with Gasteiger partial charge in [-0.3, -0.25) is 9.63 Å². The zero-order valence-electron chi connectivity index (χ0n) is 12.7. The molecule has 0 saturated heterocycles. The molecule has 2 aromatic rings. The van der Waals surface area contributed by atoms with E-state index in [0.29, 0.717) is 5.56 Å². The van der Waals surface area contributed by atoms with Crippen molar-refractivity contribution in [2.45, 2.75) is 6.92 Å². The van der Waals surface area contributed by atoms with E-state index in [4.69, 9.17) is 9.94 Å². The lowest BCUT2D eigenvalue weighted by atomic mass is 9.97. The molecule has 0 spiro atoms. The van der Waals surface area contributed by atoms with Crippen LogP contribution in [0.3, 0.4) is 0 Å². The maximum atomic E-state index is 12.0. The number of benzene rings is 2. The summed E-state index contributed by atoms with van der Waals surface area (Å²) in [5, 5.41) is 10.1. The Balaban J connectivity index is 2.33. The number of nitrogens with zero attached hydrogens (tertiary/aromatic N) is 1. The van der Waals surface area contributed by atoms with Gasteiger partial charge in [0, 0.05) is 12.6 Å². The van der Waals surface area contributed by atoms with E-state index in [1.165, 1.54) is 7.11 Å². The van der Waals surface area contributed by atoms with Gasteiger partial charge in [-0.1, -0.05) is 18.2 Å². The van der Waals surface area contributed by atoms with Crippen LogP contribution in [0.25, 0.3) is 11.1 Å². The molecule has 114 valence electrons. The molecule has 5 nitrogen and oxygen atoms in total. The van der Waals surface area contributed by atoms with Crippen molar-refractivity contribution in [3.8, 4) is 11.1 Å². The van der Waals surface area contributed by atoms with E-state index < -0.39 is 5.97 Å². The van der Waals surface area contributed by atoms with Crippen molar-refractivity contribution >= 4 is 11.9 Å². The zero-order chi connectivity index (χ0) is 16.3. The molecule has 0 atom stereocenters. The van der Waals surface area contributed by atoms with Crippen LogP contribution in [0, 0.1) is 6.92 Å². The highest BCUT2D eigenvalue weighted by Gasteiger charge is 2.13. The van der Waals surface area contributed by atoms with Gasteiger partial charge in [-0.05, 0) is 47.9 Å². The van der Waals surface area contributed by atoms with E-state index in [9.17, 15) is 9.59 Å². The van der Waals surface area contributed by atoms with Crippen LogP contribution >= 0.6 is 0 Å². The van der Waals surface area contributed by atoms with Crippen molar-refractivity contribution in [3.05, 3.63) is 59.2 Å². The minimum Gasteiger partial charge on any atom is -0.478 e. The lowest BCUT2D eigenvalue weighted by Crippen LogP contribution is -2.25. The smallest absolute Gasteiger partial charge is 0.335 e. The maximum Gasteiger partial charge on any atom is 0.335 e. The predicted octanol–water partition coefficient (Wildman–Crippen LogP) is 2.99. The number of amides is 1. The van der Waals surface area contributed by atoms with Crippen molar-refractivity contribution in [1.82, 2.24) is 5.06 Å². The van der Waals surface area contributed by atoms with Crippen LogP contribution in [0.4, 0.5) is 0 Å². The first-order chi connectivity index (χ1) is 10.4. The Morgan fingerprint density at radius 2 is 1.64 bits per heavy atom. The molecule has 0 aliphatic rings. The van der Waals surface area contributed by atoms with E-state index in [-0.39, 0.29) is 11.5 Å². The Bertz CT molecular complexity index is 707. The second-order valence-electron chi connectivity index (χ2n) is 4.90. The van der Waals surface area contributed by atoms with Gasteiger partial charge in [0.15, 0.2) is 0 Å². The van der Waals surface area contributed by atoms with Crippen molar-refractivity contribution in [2.75, 3.05) is 14.2 Å². The highest BCUT2D eigenvalue weighted by molar-refractivity contribution is 5.94. The van der Waals surface area contributed by atoms with Crippen LogP contribution in [0.1, 0.15) is 26.3 Å². The molecule has 5 heteroatoms. The fourth-order valence-electron chi connectivity index (χ4n) is 2.18. The van der Waals surface area contributed by atoms with Gasteiger partial charge in [-0.25, -0.2) is 9.86 Å². The fourth-order valence-corrected chi connectivity index (χ4v) is 2.18. The third-order valence-corrected chi connectivity index (χ3v) is 3.48. The molecule has 1 amide bonds. The van der Waals surface area contributed by atoms with Gasteiger partial charge < -0.3 is 5.11 Å². The summed E-state index contributed by atoms with van der Waals surface area (Å²) in [4.78, 5) is 27.8. The summed E-state index contributed by atoms with van der Waals surface area (Å²) in [7, 11) is 2.99. The number of hydrogen-bond acceptors (Lipinski definition) is 3. The molecule has 0 aliphatic carbocycles. The third kappa shape index (κ3) is 3.15. The van der Waals surface area contributed by atoms with Crippen LogP contribution in [0.2, 0.25) is 0 Å². The van der Waals surface area contributed by atoms with Crippen LogP contribution in [-0.2, 0) is 4.84 Å². The van der Waals surface area contributed by atoms with Crippen LogP contribution in [0.15, 0.2) is 42.5 Å². The van der Waals surface area contributed by atoms with Crippen LogP contribution in [0.5, 0.6) is 0 Å². The zero-order valence-corrected chi connectivity index (χ0v) is 12.7. The molecule has 0 fully saturated rings. The van der Waals surface area contributed by atoms with Crippen molar-refractivity contribution < 1.29 is 19.5 Å². The molecular weight excluding hydrogens is 282 g/mol. The molecule has 0 aromatic heterocycles. The normalized spacial score (nSPS) is 10.3. The Hall–Kier alpha value is -2.66. The highest BCUT2D eigenvalue weighted by atomic mass is 16.7. The lowest BCUT2D eigenvalue weighted by molar-refractivity contribution is -0.0757. The van der Waals surface area contributed by atoms with Crippen LogP contribution in [-0.4, -0.2) is 36.2 Å². The van der Waals surface area contributed by atoms with Crippen molar-refractivity contribution in [2.24, 2.45) is 0 Å². The molecule has 0 saturated carbocycles. The highest BCUT2D eigenvalue weighted by Crippen LogP contribution is 2.25. The molecule has 2 rings (SSSR count). The number of rotatable bonds is 4. The molecule has 1 N–H and O–H groups in total. The first-order valence-electron chi connectivity index (χ1n) is 6.70. The summed E-state index contributed by atoms with van der Waals surface area (Å²) in [6.07, 6.45) is 0. The second-order valence-corrected chi connectivity index (χ2v) is 4.90. The summed E-state index contributed by atoms with van der Waals surface area (Å²) >= 11 is 0. The van der Waals surface area contributed by atoms with Gasteiger partial charge in [0.05, 0.1) is 12.7 Å². The molecule has 0 radical (unpaired) electrons. The number of hydroxylamine groups is 2. The number of aromatic carboxylic acids is 1. The SMILES string of the molecule is CON(C)C(=O)c1ccc(-c2ccc(C(=O)O)cc2)c(C)c1. The number of carbonyl (C=O) groups excluding carboxylic acids is 1. The summed E-state index contributed by atoms with van der Waals surface area (Å²) in [6, 6.07) is 12.0. The van der Waals surface area contributed by atoms with Crippen molar-refractivity contribution in [1.29, 1.82) is 0 Å². The fraction of sp³-hybridized carbons (Fsp3) is 0.176. The van der Waals surface area contributed by atoms with E-state index in [1.54, 1.807) is 43.4 Å². The first kappa shape index (κ1) is 15.7. The van der Waals surface area contributed by atoms with E-state index in [2.05, 4.69) is 0 Å². The predicted molar refractivity (Wildman–Crippen MR) is 82.7 cm³/mol. The Morgan fingerprint density at radius 3 is 2.14 bits per heavy atom. The minimum atomic E-state index is -0.952. The standard InChI is InChI=1S/C17H17NO4/c1-11-10-14(16(19)18(2)22-3)8-9-15(11)12-4-6-13(7-5-12)17(20)21/h4-10H,1-3H3,(H,20,21). The molecule has 0 unspecified atom stereocenters. The van der Waals surface area contributed by atoms with Crippen LogP contribution < -0.4 is 0 Å². The number of carboxylic acids is 1. The largest absolute Gasteiger partial charge is 0.478 e. The quantitative estimate of drug-likeness (QED) is 0.881. The van der Waals surface area contributed by atoms with Gasteiger partial charge in [-0.2, -0.15) is 0 Å². The average molecular weight is 299 g/mol. The summed E-state index contributed by atoms with van der Waals surface area (Å²) in [5.41, 5.74) is 3.57. The molecule has 0 bridgehead atoms. The maximum absolute atomic E-state index is 12.0. The Kier molecular flexibility index (Phi) is 4.58. The number of carboxylic acid groups (broad SMARTS) is 1. The summed E-state index contributed by atoms with van der Waals surface area (Å²) in [6.45, 7) is 1.91. The van der Waals surface area contributed by atoms with Crippen molar-refractivity contribution in [3.63, 3.8) is 0 Å². The molecule has 2 aromatic carbocycles. The van der Waals surface area contributed by atoms with Gasteiger partial charge in [0.1, 0.15) is 0 Å². The van der Waals surface area contributed by atoms with E-state index in [0.717, 1.165) is 21.8 Å². The van der Waals surface area contributed by atoms with Gasteiger partial charge in [0.2, 0.25) is 0 Å². The van der Waals surface area contributed by atoms with Gasteiger partial charge in [0.25, 0.3) is 5.91 Å². The molecule has 22 heavy (non-hydrogen) atoms. The second kappa shape index (κ2) is 6.41. The topological polar surface area (TPSA) is 66.8 Å². The monoisotopic (exact) mass is 299 g/mol. The van der Waals surface area contributed by atoms with Gasteiger partial charge in [-0.15, -0.1) is 0 Å². The Labute approximate surface area is 128 Å². The van der Waals surface area contributed by atoms with E-state index in [1.807, 2.05) is 13.0 Å². The summed E-state index contributed by atoms with van der Waals surface area (Å²) in [5.74, 6) is -1.18. The number of hydrogen-bond donors (Lipinski definition) is 1. The minimum absolute atomic E-state index is 0.224.